The van der Waals surface area contributed by atoms with Crippen LogP contribution >= 0.6 is 19.1 Å². The minimum Gasteiger partial charge on any atom is -0.492 e. The fourth-order valence-corrected chi connectivity index (χ4v) is 8.06. The van der Waals surface area contributed by atoms with Crippen LogP contribution in [-0.4, -0.2) is 47.5 Å². The summed E-state index contributed by atoms with van der Waals surface area (Å²) in [5.41, 5.74) is 2.29. The van der Waals surface area contributed by atoms with E-state index >= 15 is 8.78 Å². The summed E-state index contributed by atoms with van der Waals surface area (Å²) in [6, 6.07) is 11.6. The van der Waals surface area contributed by atoms with E-state index in [4.69, 9.17) is 31.0 Å². The zero-order valence-corrected chi connectivity index (χ0v) is 30.3. The van der Waals surface area contributed by atoms with Gasteiger partial charge in [0.1, 0.15) is 23.0 Å². The first-order chi connectivity index (χ1) is 24.2. The van der Waals surface area contributed by atoms with E-state index in [0.29, 0.717) is 42.2 Å². The first-order valence-corrected chi connectivity index (χ1v) is 18.9. The molecule has 2 atom stereocenters. The van der Waals surface area contributed by atoms with Crippen LogP contribution in [0.3, 0.4) is 0 Å². The predicted octanol–water partition coefficient (Wildman–Crippen LogP) is 8.08. The molecule has 1 fully saturated rings. The fourth-order valence-electron chi connectivity index (χ4n) is 5.90. The molecule has 1 aliphatic carbocycles. The number of furan rings is 1. The molecule has 1 heterocycles. The van der Waals surface area contributed by atoms with E-state index in [1.54, 1.807) is 25.1 Å². The van der Waals surface area contributed by atoms with Crippen molar-refractivity contribution in [2.24, 2.45) is 11.7 Å². The predicted molar refractivity (Wildman–Crippen MR) is 188 cm³/mol. The van der Waals surface area contributed by atoms with Gasteiger partial charge in [0.2, 0.25) is 5.91 Å². The van der Waals surface area contributed by atoms with Crippen LogP contribution in [0.2, 0.25) is 0 Å². The van der Waals surface area contributed by atoms with E-state index in [9.17, 15) is 24.3 Å². The highest BCUT2D eigenvalue weighted by Crippen LogP contribution is 2.68. The van der Waals surface area contributed by atoms with Gasteiger partial charge in [0.15, 0.2) is 0 Å². The zero-order chi connectivity index (χ0) is 37.2. The molecule has 16 heteroatoms. The van der Waals surface area contributed by atoms with Crippen molar-refractivity contribution in [3.8, 4) is 5.75 Å². The lowest BCUT2D eigenvalue weighted by Crippen LogP contribution is -2.29. The average Bonchev–Trinajstić information content (AvgIpc) is 3.60. The summed E-state index contributed by atoms with van der Waals surface area (Å²) in [7, 11) is -3.72. The maximum Gasteiger partial charge on any atom is 0.433 e. The third-order valence-electron chi connectivity index (χ3n) is 8.89. The van der Waals surface area contributed by atoms with Gasteiger partial charge in [0, 0.05) is 18.0 Å². The molecule has 2 aromatic carbocycles. The number of carbonyl (C=O) groups excluding carboxylic acids is 2. The molecule has 0 spiro atoms. The second kappa shape index (κ2) is 18.1. The summed E-state index contributed by atoms with van der Waals surface area (Å²) in [6.07, 6.45) is 6.43. The van der Waals surface area contributed by atoms with Crippen LogP contribution in [0.4, 0.5) is 14.7 Å². The largest absolute Gasteiger partial charge is 0.492 e. The Balaban J connectivity index is 1.42. The SMILES string of the molecule is CC(NC(=O)Cc1ccc(C(F)(F)P(=O)(OCc2ccc([N+](=O)[O-])o2)N(C)CCCCCl)cc1)c1ccc(OCC2CCCCC2)c(C(N)=O)c1. The van der Waals surface area contributed by atoms with Gasteiger partial charge in [-0.2, -0.15) is 8.78 Å². The molecule has 1 aromatic heterocycles. The number of hydrogen-bond donors (Lipinski definition) is 2. The van der Waals surface area contributed by atoms with Crippen molar-refractivity contribution in [3.05, 3.63) is 92.7 Å². The first kappa shape index (κ1) is 39.9. The summed E-state index contributed by atoms with van der Waals surface area (Å²) in [4.78, 5) is 35.4. The van der Waals surface area contributed by atoms with Gasteiger partial charge >= 0.3 is 19.1 Å². The van der Waals surface area contributed by atoms with Gasteiger partial charge in [0.05, 0.1) is 30.7 Å². The van der Waals surface area contributed by atoms with Crippen LogP contribution < -0.4 is 15.8 Å². The molecule has 4 rings (SSSR count). The van der Waals surface area contributed by atoms with E-state index in [1.807, 2.05) is 0 Å². The first-order valence-electron chi connectivity index (χ1n) is 16.8. The van der Waals surface area contributed by atoms with E-state index in [2.05, 4.69) is 5.32 Å². The molecule has 2 unspecified atom stereocenters. The van der Waals surface area contributed by atoms with Gasteiger partial charge in [0.25, 0.3) is 5.91 Å². The van der Waals surface area contributed by atoms with Gasteiger partial charge < -0.3 is 24.7 Å². The van der Waals surface area contributed by atoms with E-state index in [-0.39, 0.29) is 30.2 Å². The Morgan fingerprint density at radius 2 is 1.84 bits per heavy atom. The van der Waals surface area contributed by atoms with Crippen LogP contribution in [0.1, 0.15) is 90.7 Å². The average molecular weight is 753 g/mol. The number of benzene rings is 2. The Bertz CT molecular complexity index is 1700. The fraction of sp³-hybridized carbons (Fsp3) is 0.486. The van der Waals surface area contributed by atoms with Crippen molar-refractivity contribution < 1.29 is 41.5 Å². The molecular weight excluding hydrogens is 709 g/mol. The number of nitro groups is 1. The summed E-state index contributed by atoms with van der Waals surface area (Å²) >= 11 is 5.74. The normalized spacial score (nSPS) is 15.6. The Hall–Kier alpha value is -3.84. The molecule has 1 aliphatic rings. The molecule has 2 amide bonds. The smallest absolute Gasteiger partial charge is 0.433 e. The minimum atomic E-state index is -4.97. The molecule has 0 aliphatic heterocycles. The second-order valence-electron chi connectivity index (χ2n) is 12.7. The lowest BCUT2D eigenvalue weighted by molar-refractivity contribution is -0.402. The molecule has 1 saturated carbocycles. The number of amides is 2. The van der Waals surface area contributed by atoms with Crippen LogP contribution in [0.15, 0.2) is 59.0 Å². The molecule has 278 valence electrons. The number of rotatable bonds is 19. The Morgan fingerprint density at radius 1 is 1.14 bits per heavy atom. The molecule has 12 nitrogen and oxygen atoms in total. The van der Waals surface area contributed by atoms with Crippen molar-refractivity contribution in [3.63, 3.8) is 0 Å². The minimum absolute atomic E-state index is 0.0223. The number of halogens is 3. The van der Waals surface area contributed by atoms with Gasteiger partial charge in [-0.05, 0) is 74.9 Å². The van der Waals surface area contributed by atoms with Gasteiger partial charge in [-0.15, -0.1) is 11.6 Å². The van der Waals surface area contributed by atoms with Crippen molar-refractivity contribution >= 4 is 36.8 Å². The Kier molecular flexibility index (Phi) is 14.2. The zero-order valence-electron chi connectivity index (χ0n) is 28.7. The number of ether oxygens (including phenoxy) is 1. The lowest BCUT2D eigenvalue weighted by atomic mass is 9.90. The second-order valence-corrected chi connectivity index (χ2v) is 15.6. The molecule has 0 bridgehead atoms. The van der Waals surface area contributed by atoms with Crippen LogP contribution in [0.5, 0.6) is 5.75 Å². The Morgan fingerprint density at radius 3 is 2.47 bits per heavy atom. The number of nitrogens with one attached hydrogen (secondary N) is 1. The number of nitrogens with two attached hydrogens (primary N) is 1. The summed E-state index contributed by atoms with van der Waals surface area (Å²) < 4.78 is 63.5. The van der Waals surface area contributed by atoms with Gasteiger partial charge in [-0.1, -0.05) is 49.6 Å². The van der Waals surface area contributed by atoms with Crippen molar-refractivity contribution in [1.29, 1.82) is 0 Å². The van der Waals surface area contributed by atoms with E-state index in [1.165, 1.54) is 44.5 Å². The van der Waals surface area contributed by atoms with Gasteiger partial charge in [-0.3, -0.25) is 24.3 Å². The summed E-state index contributed by atoms with van der Waals surface area (Å²) in [5.74, 6) is -0.685. The molecule has 3 aromatic rings. The van der Waals surface area contributed by atoms with Crippen LogP contribution in [0, 0.1) is 16.0 Å². The van der Waals surface area contributed by atoms with Crippen LogP contribution in [0.25, 0.3) is 0 Å². The molecule has 0 saturated heterocycles. The quantitative estimate of drug-likeness (QED) is 0.0405. The standard InChI is InChI=1S/C35H44ClF2N4O8P/c1-24(27-12-16-31(30(21-27)34(39)44)48-22-26-8-4-3-5-9-26)40-32(43)20-25-10-13-28(14-11-25)35(37,38)51(47,41(2)19-7-6-18-36)49-23-29-15-17-33(50-29)42(45)46/h10-17,21,24,26H,3-9,18-20,22-23H2,1-2H3,(H2,39,44)(H,40,43). The summed E-state index contributed by atoms with van der Waals surface area (Å²) in [6.45, 7) is 1.52. The molecule has 0 radical (unpaired) electrons. The highest BCUT2D eigenvalue weighted by atomic mass is 35.5. The van der Waals surface area contributed by atoms with Crippen molar-refractivity contribution in [2.45, 2.75) is 76.6 Å². The lowest BCUT2D eigenvalue weighted by Gasteiger charge is -2.33. The maximum absolute atomic E-state index is 16.1. The molecule has 51 heavy (non-hydrogen) atoms. The molecular formula is C35H44ClF2N4O8P. The number of primary amides is 1. The number of nitrogens with zero attached hydrogens (tertiary/aromatic N) is 2. The third-order valence-corrected chi connectivity index (χ3v) is 11.7. The third kappa shape index (κ3) is 10.4. The van der Waals surface area contributed by atoms with Crippen molar-refractivity contribution in [1.82, 2.24) is 9.99 Å². The monoisotopic (exact) mass is 752 g/mol. The van der Waals surface area contributed by atoms with E-state index < -0.39 is 54.0 Å². The number of alkyl halides is 3. The van der Waals surface area contributed by atoms with Gasteiger partial charge in [-0.25, -0.2) is 4.67 Å². The van der Waals surface area contributed by atoms with E-state index in [0.717, 1.165) is 35.7 Å². The molecule has 3 N–H and O–H groups in total. The topological polar surface area (TPSA) is 167 Å². The maximum atomic E-state index is 16.1. The number of hydrogen-bond acceptors (Lipinski definition) is 8. The highest BCUT2D eigenvalue weighted by molar-refractivity contribution is 7.57. The summed E-state index contributed by atoms with van der Waals surface area (Å²) in [5, 5.41) is 13.8. The number of unbranched alkanes of at least 4 members (excludes halogenated alkanes) is 1. The Labute approximate surface area is 300 Å². The highest BCUT2D eigenvalue weighted by Gasteiger charge is 2.56. The number of carbonyl (C=O) groups is 2. The van der Waals surface area contributed by atoms with Crippen LogP contribution in [-0.2, 0) is 32.6 Å². The van der Waals surface area contributed by atoms with Crippen molar-refractivity contribution in [2.75, 3.05) is 26.1 Å².